The minimum atomic E-state index is -2.86. The highest BCUT2D eigenvalue weighted by atomic mass is 32.2. The molecule has 0 bridgehead atoms. The number of hydrogen-bond donors (Lipinski definition) is 1. The normalized spacial score (nSPS) is 19.6. The Kier molecular flexibility index (Phi) is 8.47. The first-order chi connectivity index (χ1) is 19.3. The molecule has 11 heteroatoms. The van der Waals surface area contributed by atoms with Crippen molar-refractivity contribution in [2.45, 2.75) is 57.4 Å². The molecule has 3 heterocycles. The predicted molar refractivity (Wildman–Crippen MR) is 159 cm³/mol. The Morgan fingerprint density at radius 2 is 1.80 bits per heavy atom. The molecule has 212 valence electrons. The molecule has 1 saturated heterocycles. The second-order valence-corrected chi connectivity index (χ2v) is 14.1. The van der Waals surface area contributed by atoms with Gasteiger partial charge in [-0.1, -0.05) is 31.4 Å². The third-order valence-electron chi connectivity index (χ3n) is 7.66. The third kappa shape index (κ3) is 7.04. The minimum absolute atomic E-state index is 0. The zero-order valence-electron chi connectivity index (χ0n) is 22.7. The number of benzene rings is 1. The summed E-state index contributed by atoms with van der Waals surface area (Å²) in [6.45, 7) is 2.97. The van der Waals surface area contributed by atoms with Gasteiger partial charge in [-0.25, -0.2) is 23.4 Å². The van der Waals surface area contributed by atoms with Gasteiger partial charge in [-0.2, -0.15) is 5.26 Å². The summed E-state index contributed by atoms with van der Waals surface area (Å²) in [5.74, 6) is 1.47. The standard InChI is InChI=1S/C18H18N4O2S2.C11H16N2O.H2/c1-13-19-7-6-16(21-13)18-20-12-17(25-18)14-2-4-15(5-3-14)22-8-10-26(23,24)11-9-22;12-8-11(6-7-11)13-10(14)9-4-2-1-3-5-9;/h2-7,12H,8-11H2,1H3;9H,1-7H2,(H,13,14);1H. The number of nitrogens with zero attached hydrogens (tertiary/aromatic N) is 5. The van der Waals surface area contributed by atoms with E-state index in [9.17, 15) is 13.2 Å². The molecule has 1 N–H and O–H groups in total. The van der Waals surface area contributed by atoms with Crippen molar-refractivity contribution in [1.82, 2.24) is 20.3 Å². The lowest BCUT2D eigenvalue weighted by Crippen LogP contribution is -2.40. The highest BCUT2D eigenvalue weighted by Crippen LogP contribution is 2.36. The molecule has 2 aromatic heterocycles. The van der Waals surface area contributed by atoms with E-state index in [2.05, 4.69) is 43.4 Å². The first-order valence-electron chi connectivity index (χ1n) is 13.8. The van der Waals surface area contributed by atoms with E-state index in [1.165, 1.54) is 6.42 Å². The molecule has 0 atom stereocenters. The molecule has 1 aromatic carbocycles. The minimum Gasteiger partial charge on any atom is -0.369 e. The van der Waals surface area contributed by atoms with E-state index in [1.54, 1.807) is 17.5 Å². The molecule has 40 heavy (non-hydrogen) atoms. The van der Waals surface area contributed by atoms with Crippen LogP contribution in [0.15, 0.2) is 42.7 Å². The van der Waals surface area contributed by atoms with Crippen molar-refractivity contribution < 1.29 is 14.6 Å². The molecule has 9 nitrogen and oxygen atoms in total. The molecule has 2 aliphatic carbocycles. The summed E-state index contributed by atoms with van der Waals surface area (Å²) in [6.07, 6.45) is 10.9. The van der Waals surface area contributed by atoms with Crippen LogP contribution in [0, 0.1) is 24.2 Å². The lowest BCUT2D eigenvalue weighted by atomic mass is 9.88. The molecule has 6 rings (SSSR count). The molecule has 3 aromatic rings. The van der Waals surface area contributed by atoms with Gasteiger partial charge in [-0.05, 0) is 56.4 Å². The van der Waals surface area contributed by atoms with Crippen LogP contribution < -0.4 is 10.2 Å². The number of thiazole rings is 1. The van der Waals surface area contributed by atoms with E-state index in [0.29, 0.717) is 13.1 Å². The molecule has 3 fully saturated rings. The van der Waals surface area contributed by atoms with Gasteiger partial charge in [0.05, 0.1) is 22.5 Å². The molecule has 0 unspecified atom stereocenters. The summed E-state index contributed by atoms with van der Waals surface area (Å²) in [7, 11) is -2.86. The van der Waals surface area contributed by atoms with Gasteiger partial charge in [-0.15, -0.1) is 11.3 Å². The Labute approximate surface area is 241 Å². The number of carbonyl (C=O) groups excluding carboxylic acids is 1. The fourth-order valence-corrected chi connectivity index (χ4v) is 7.09. The Hall–Kier alpha value is -3.36. The number of rotatable bonds is 5. The average molecular weight is 581 g/mol. The van der Waals surface area contributed by atoms with Crippen molar-refractivity contribution in [2.24, 2.45) is 5.92 Å². The van der Waals surface area contributed by atoms with Gasteiger partial charge in [0.2, 0.25) is 5.91 Å². The molecule has 0 radical (unpaired) electrons. The zero-order chi connectivity index (χ0) is 28.2. The summed E-state index contributed by atoms with van der Waals surface area (Å²) >= 11 is 1.59. The molecule has 3 aliphatic rings. The number of sulfone groups is 1. The second kappa shape index (κ2) is 12.0. The van der Waals surface area contributed by atoms with Crippen molar-refractivity contribution in [1.29, 1.82) is 5.26 Å². The van der Waals surface area contributed by atoms with Crippen molar-refractivity contribution in [3.63, 3.8) is 0 Å². The van der Waals surface area contributed by atoms with Crippen molar-refractivity contribution in [2.75, 3.05) is 29.5 Å². The van der Waals surface area contributed by atoms with E-state index in [0.717, 1.165) is 71.2 Å². The van der Waals surface area contributed by atoms with E-state index in [-0.39, 0.29) is 24.8 Å². The van der Waals surface area contributed by atoms with E-state index in [4.69, 9.17) is 5.26 Å². The highest BCUT2D eigenvalue weighted by molar-refractivity contribution is 7.91. The quantitative estimate of drug-likeness (QED) is 0.456. The summed E-state index contributed by atoms with van der Waals surface area (Å²) in [5, 5.41) is 12.6. The zero-order valence-corrected chi connectivity index (χ0v) is 24.3. The number of aromatic nitrogens is 3. The lowest BCUT2D eigenvalue weighted by molar-refractivity contribution is -0.126. The van der Waals surface area contributed by atoms with Crippen molar-refractivity contribution in [3.05, 3.63) is 48.5 Å². The van der Waals surface area contributed by atoms with E-state index in [1.807, 2.05) is 31.3 Å². The van der Waals surface area contributed by atoms with Gasteiger partial charge in [-0.3, -0.25) is 4.79 Å². The first-order valence-corrected chi connectivity index (χ1v) is 16.4. The second-order valence-electron chi connectivity index (χ2n) is 10.7. The van der Waals surface area contributed by atoms with Crippen LogP contribution in [0.4, 0.5) is 5.69 Å². The Morgan fingerprint density at radius 1 is 1.10 bits per heavy atom. The summed E-state index contributed by atoms with van der Waals surface area (Å²) in [6, 6.07) is 12.3. The van der Waals surface area contributed by atoms with Crippen LogP contribution in [-0.4, -0.2) is 59.4 Å². The predicted octanol–water partition coefficient (Wildman–Crippen LogP) is 4.80. The smallest absolute Gasteiger partial charge is 0.224 e. The van der Waals surface area contributed by atoms with Crippen LogP contribution in [0.5, 0.6) is 0 Å². The number of nitrogens with one attached hydrogen (secondary N) is 1. The van der Waals surface area contributed by atoms with Gasteiger partial charge in [0.15, 0.2) is 9.84 Å². The van der Waals surface area contributed by atoms with Gasteiger partial charge in [0.25, 0.3) is 0 Å². The molecular weight excluding hydrogens is 544 g/mol. The van der Waals surface area contributed by atoms with Crippen LogP contribution in [-0.2, 0) is 14.6 Å². The van der Waals surface area contributed by atoms with Crippen molar-refractivity contribution in [3.8, 4) is 27.2 Å². The lowest BCUT2D eigenvalue weighted by Gasteiger charge is -2.28. The fraction of sp³-hybridized carbons (Fsp3) is 0.483. The maximum Gasteiger partial charge on any atom is 0.224 e. The van der Waals surface area contributed by atoms with Crippen molar-refractivity contribution >= 4 is 32.8 Å². The number of amides is 1. The maximum absolute atomic E-state index is 11.8. The van der Waals surface area contributed by atoms with E-state index < -0.39 is 15.4 Å². The van der Waals surface area contributed by atoms with Crippen LogP contribution >= 0.6 is 11.3 Å². The SMILES string of the molecule is Cc1nccc(-c2ncc(-c3ccc(N4CCS(=O)(=O)CC4)cc3)s2)n1.N#CC1(NC(=O)C2CCCCC2)CC1.[HH]. The van der Waals surface area contributed by atoms with Crippen LogP contribution in [0.25, 0.3) is 21.1 Å². The number of aryl methyl sites for hydroxylation is 1. The van der Waals surface area contributed by atoms with Gasteiger partial charge < -0.3 is 10.2 Å². The Morgan fingerprint density at radius 3 is 2.42 bits per heavy atom. The van der Waals surface area contributed by atoms with Crippen LogP contribution in [0.3, 0.4) is 0 Å². The third-order valence-corrected chi connectivity index (χ3v) is 10.3. The Balaban J connectivity index is 0.000000219. The number of anilines is 1. The maximum atomic E-state index is 11.8. The van der Waals surface area contributed by atoms with Gasteiger partial charge in [0.1, 0.15) is 22.1 Å². The fourth-order valence-electron chi connectivity index (χ4n) is 5.00. The summed E-state index contributed by atoms with van der Waals surface area (Å²) in [5.41, 5.74) is 2.50. The summed E-state index contributed by atoms with van der Waals surface area (Å²) in [4.78, 5) is 28.0. The van der Waals surface area contributed by atoms with E-state index >= 15 is 0 Å². The molecule has 0 spiro atoms. The highest BCUT2D eigenvalue weighted by Gasteiger charge is 2.45. The van der Waals surface area contributed by atoms with Gasteiger partial charge >= 0.3 is 0 Å². The summed E-state index contributed by atoms with van der Waals surface area (Å²) < 4.78 is 23.1. The number of hydrogen-bond acceptors (Lipinski definition) is 9. The molecule has 2 saturated carbocycles. The molecule has 1 amide bonds. The first kappa shape index (κ1) is 28.2. The number of nitriles is 1. The number of carbonyl (C=O) groups is 1. The van der Waals surface area contributed by atoms with Crippen LogP contribution in [0.1, 0.15) is 52.2 Å². The molecule has 1 aliphatic heterocycles. The van der Waals surface area contributed by atoms with Crippen LogP contribution in [0.2, 0.25) is 0 Å². The topological polar surface area (TPSA) is 129 Å². The van der Waals surface area contributed by atoms with Gasteiger partial charge in [0, 0.05) is 38.5 Å². The average Bonchev–Trinajstić information content (AvgIpc) is 3.56. The largest absolute Gasteiger partial charge is 0.369 e. The monoisotopic (exact) mass is 580 g/mol. The Bertz CT molecular complexity index is 1480. The molecular formula is C29H36N6O3S2.